The molecular formula is C17H17ClN4. The van der Waals surface area contributed by atoms with Gasteiger partial charge in [0.2, 0.25) is 0 Å². The highest BCUT2D eigenvalue weighted by molar-refractivity contribution is 6.31. The molecule has 1 N–H and O–H groups in total. The van der Waals surface area contributed by atoms with Crippen molar-refractivity contribution < 1.29 is 0 Å². The third kappa shape index (κ3) is 2.38. The van der Waals surface area contributed by atoms with Crippen molar-refractivity contribution >= 4 is 22.8 Å². The molecule has 2 aromatic heterocycles. The largest absolute Gasteiger partial charge is 0.317 e. The Bertz CT molecular complexity index is 791. The molecule has 3 heterocycles. The minimum Gasteiger partial charge on any atom is -0.317 e. The van der Waals surface area contributed by atoms with E-state index in [4.69, 9.17) is 16.6 Å². The molecule has 5 heteroatoms. The lowest BCUT2D eigenvalue weighted by Crippen LogP contribution is -2.29. The van der Waals surface area contributed by atoms with Crippen molar-refractivity contribution in [3.63, 3.8) is 0 Å². The zero-order chi connectivity index (χ0) is 14.9. The van der Waals surface area contributed by atoms with E-state index in [9.17, 15) is 0 Å². The fourth-order valence-corrected chi connectivity index (χ4v) is 3.31. The van der Waals surface area contributed by atoms with Crippen LogP contribution in [0.15, 0.2) is 42.6 Å². The Morgan fingerprint density at radius 1 is 1.14 bits per heavy atom. The Hall–Kier alpha value is -1.91. The normalized spacial score (nSPS) is 16.2. The van der Waals surface area contributed by atoms with Crippen LogP contribution in [-0.4, -0.2) is 27.6 Å². The first-order chi connectivity index (χ1) is 10.8. The van der Waals surface area contributed by atoms with E-state index < -0.39 is 0 Å². The third-order valence-electron chi connectivity index (χ3n) is 4.20. The van der Waals surface area contributed by atoms with E-state index in [1.165, 1.54) is 0 Å². The molecule has 112 valence electrons. The van der Waals surface area contributed by atoms with Gasteiger partial charge < -0.3 is 9.88 Å². The van der Waals surface area contributed by atoms with E-state index in [1.807, 2.05) is 24.3 Å². The molecule has 4 nitrogen and oxygen atoms in total. The summed E-state index contributed by atoms with van der Waals surface area (Å²) < 4.78 is 2.29. The van der Waals surface area contributed by atoms with E-state index >= 15 is 0 Å². The van der Waals surface area contributed by atoms with Gasteiger partial charge in [0.15, 0.2) is 5.65 Å². The van der Waals surface area contributed by atoms with Gasteiger partial charge in [0.05, 0.1) is 5.02 Å². The SMILES string of the molecule is Clc1cnc2c(c1)nc(-c1ccccc1)n2C1CCNCC1. The lowest BCUT2D eigenvalue weighted by atomic mass is 10.1. The van der Waals surface area contributed by atoms with Crippen LogP contribution < -0.4 is 5.32 Å². The molecule has 0 amide bonds. The average molecular weight is 313 g/mol. The average Bonchev–Trinajstić information content (AvgIpc) is 2.95. The first kappa shape index (κ1) is 13.7. The van der Waals surface area contributed by atoms with Crippen molar-refractivity contribution in [3.05, 3.63) is 47.6 Å². The summed E-state index contributed by atoms with van der Waals surface area (Å²) in [6.07, 6.45) is 3.89. The number of aromatic nitrogens is 3. The van der Waals surface area contributed by atoms with Gasteiger partial charge in [-0.25, -0.2) is 9.97 Å². The molecule has 0 aliphatic carbocycles. The van der Waals surface area contributed by atoms with Crippen LogP contribution in [0, 0.1) is 0 Å². The van der Waals surface area contributed by atoms with Crippen molar-refractivity contribution in [3.8, 4) is 11.4 Å². The second-order valence-electron chi connectivity index (χ2n) is 5.65. The maximum atomic E-state index is 6.09. The number of halogens is 1. The third-order valence-corrected chi connectivity index (χ3v) is 4.41. The second-order valence-corrected chi connectivity index (χ2v) is 6.09. The van der Waals surface area contributed by atoms with Crippen LogP contribution >= 0.6 is 11.6 Å². The number of imidazole rings is 1. The minimum absolute atomic E-state index is 0.426. The van der Waals surface area contributed by atoms with Gasteiger partial charge in [-0.05, 0) is 32.0 Å². The summed E-state index contributed by atoms with van der Waals surface area (Å²) in [5, 5.41) is 4.04. The van der Waals surface area contributed by atoms with Crippen molar-refractivity contribution in [1.82, 2.24) is 19.9 Å². The second kappa shape index (κ2) is 5.71. The maximum Gasteiger partial charge on any atom is 0.160 e. The Balaban J connectivity index is 1.93. The number of pyridine rings is 1. The maximum absolute atomic E-state index is 6.09. The number of rotatable bonds is 2. The Morgan fingerprint density at radius 2 is 1.91 bits per heavy atom. The summed E-state index contributed by atoms with van der Waals surface area (Å²) in [4.78, 5) is 9.36. The van der Waals surface area contributed by atoms with E-state index in [-0.39, 0.29) is 0 Å². The van der Waals surface area contributed by atoms with Crippen LogP contribution in [0.4, 0.5) is 0 Å². The van der Waals surface area contributed by atoms with Gasteiger partial charge in [-0.3, -0.25) is 0 Å². The number of hydrogen-bond donors (Lipinski definition) is 1. The van der Waals surface area contributed by atoms with Crippen LogP contribution in [0.5, 0.6) is 0 Å². The van der Waals surface area contributed by atoms with Gasteiger partial charge in [0.25, 0.3) is 0 Å². The topological polar surface area (TPSA) is 42.7 Å². The molecule has 0 bridgehead atoms. The zero-order valence-electron chi connectivity index (χ0n) is 12.2. The summed E-state index contributed by atoms with van der Waals surface area (Å²) in [5.74, 6) is 0.984. The highest BCUT2D eigenvalue weighted by Gasteiger charge is 2.22. The van der Waals surface area contributed by atoms with Gasteiger partial charge in [-0.1, -0.05) is 41.9 Å². The van der Waals surface area contributed by atoms with Gasteiger partial charge in [0, 0.05) is 17.8 Å². The Morgan fingerprint density at radius 3 is 2.68 bits per heavy atom. The summed E-state index contributed by atoms with van der Waals surface area (Å²) in [5.41, 5.74) is 2.91. The summed E-state index contributed by atoms with van der Waals surface area (Å²) in [7, 11) is 0. The molecule has 22 heavy (non-hydrogen) atoms. The van der Waals surface area contributed by atoms with Gasteiger partial charge >= 0.3 is 0 Å². The molecule has 1 saturated heterocycles. The van der Waals surface area contributed by atoms with Crippen LogP contribution in [0.2, 0.25) is 5.02 Å². The molecule has 1 aliphatic heterocycles. The number of nitrogens with one attached hydrogen (secondary N) is 1. The van der Waals surface area contributed by atoms with Gasteiger partial charge in [0.1, 0.15) is 11.3 Å². The quantitative estimate of drug-likeness (QED) is 0.785. The van der Waals surface area contributed by atoms with Crippen molar-refractivity contribution in [2.45, 2.75) is 18.9 Å². The molecule has 0 radical (unpaired) electrons. The fraction of sp³-hybridized carbons (Fsp3) is 0.294. The smallest absolute Gasteiger partial charge is 0.160 e. The molecule has 1 aliphatic rings. The van der Waals surface area contributed by atoms with Crippen LogP contribution in [0.1, 0.15) is 18.9 Å². The highest BCUT2D eigenvalue weighted by Crippen LogP contribution is 2.31. The molecular weight excluding hydrogens is 296 g/mol. The number of benzene rings is 1. The predicted octanol–water partition coefficient (Wildman–Crippen LogP) is 3.68. The van der Waals surface area contributed by atoms with E-state index in [0.29, 0.717) is 11.1 Å². The molecule has 3 aromatic rings. The van der Waals surface area contributed by atoms with Crippen molar-refractivity contribution in [2.24, 2.45) is 0 Å². The molecule has 1 fully saturated rings. The van der Waals surface area contributed by atoms with Crippen LogP contribution in [0.25, 0.3) is 22.6 Å². The molecule has 1 aromatic carbocycles. The Labute approximate surface area is 134 Å². The summed E-state index contributed by atoms with van der Waals surface area (Å²) in [6.45, 7) is 2.07. The lowest BCUT2D eigenvalue weighted by molar-refractivity contribution is 0.376. The highest BCUT2D eigenvalue weighted by atomic mass is 35.5. The van der Waals surface area contributed by atoms with Crippen molar-refractivity contribution in [2.75, 3.05) is 13.1 Å². The molecule has 0 spiro atoms. The van der Waals surface area contributed by atoms with E-state index in [0.717, 1.165) is 48.5 Å². The number of piperidine rings is 1. The first-order valence-corrected chi connectivity index (χ1v) is 8.00. The summed E-state index contributed by atoms with van der Waals surface area (Å²) >= 11 is 6.09. The van der Waals surface area contributed by atoms with Crippen LogP contribution in [-0.2, 0) is 0 Å². The van der Waals surface area contributed by atoms with E-state index in [2.05, 4.69) is 27.0 Å². The van der Waals surface area contributed by atoms with Crippen LogP contribution in [0.3, 0.4) is 0 Å². The molecule has 0 saturated carbocycles. The monoisotopic (exact) mass is 312 g/mol. The zero-order valence-corrected chi connectivity index (χ0v) is 12.9. The molecule has 0 atom stereocenters. The van der Waals surface area contributed by atoms with E-state index in [1.54, 1.807) is 6.20 Å². The number of nitrogens with zero attached hydrogens (tertiary/aromatic N) is 3. The minimum atomic E-state index is 0.426. The lowest BCUT2D eigenvalue weighted by Gasteiger charge is -2.25. The Kier molecular flexibility index (Phi) is 3.56. The molecule has 4 rings (SSSR count). The van der Waals surface area contributed by atoms with Gasteiger partial charge in [-0.15, -0.1) is 0 Å². The van der Waals surface area contributed by atoms with Gasteiger partial charge in [-0.2, -0.15) is 0 Å². The first-order valence-electron chi connectivity index (χ1n) is 7.62. The number of hydrogen-bond acceptors (Lipinski definition) is 3. The summed E-state index contributed by atoms with van der Waals surface area (Å²) in [6, 6.07) is 12.6. The number of fused-ring (bicyclic) bond motifs is 1. The molecule has 0 unspecified atom stereocenters. The predicted molar refractivity (Wildman–Crippen MR) is 89.1 cm³/mol. The standard InChI is InChI=1S/C17H17ClN4/c18-13-10-15-17(20-11-13)22(14-6-8-19-9-7-14)16(21-15)12-4-2-1-3-5-12/h1-5,10-11,14,19H,6-9H2. The van der Waals surface area contributed by atoms with Crippen molar-refractivity contribution in [1.29, 1.82) is 0 Å². The fourth-order valence-electron chi connectivity index (χ4n) is 3.16.